The minimum atomic E-state index is -1.93. The minimum Gasteiger partial charge on any atom is -0.479 e. The third-order valence-corrected chi connectivity index (χ3v) is 13.6. The molecule has 1 aliphatic rings. The number of carbonyl (C=O) groups excluding carboxylic acids is 3. The van der Waals surface area contributed by atoms with Gasteiger partial charge in [-0.1, -0.05) is 236 Å². The van der Waals surface area contributed by atoms with Gasteiger partial charge in [0.1, 0.15) is 18.8 Å². The third-order valence-electron chi connectivity index (χ3n) is 13.6. The average molecular weight is 1060 g/mol. The maximum atomic E-state index is 13.1. The van der Waals surface area contributed by atoms with Crippen LogP contribution < -0.4 is 0 Å². The number of aliphatic carboxylic acids is 1. The number of allylic oxidation sites excluding steroid dienone is 10. The summed E-state index contributed by atoms with van der Waals surface area (Å²) in [5, 5.41) is 31.4. The molecule has 0 bridgehead atoms. The normalized spacial score (nSPS) is 18.5. The Balaban J connectivity index is 2.68. The van der Waals surface area contributed by atoms with Crippen LogP contribution in [-0.2, 0) is 42.9 Å². The van der Waals surface area contributed by atoms with E-state index in [2.05, 4.69) is 63.3 Å². The van der Waals surface area contributed by atoms with Crippen LogP contribution in [0.3, 0.4) is 0 Å². The van der Waals surface area contributed by atoms with E-state index in [1.807, 2.05) is 18.2 Å². The van der Waals surface area contributed by atoms with E-state index >= 15 is 0 Å². The Kier molecular flexibility index (Phi) is 47.4. The molecule has 6 unspecified atom stereocenters. The van der Waals surface area contributed by atoms with Gasteiger partial charge in [-0.25, -0.2) is 4.79 Å². The first-order chi connectivity index (χ1) is 36.6. The summed E-state index contributed by atoms with van der Waals surface area (Å²) in [5.41, 5.74) is 0. The molecular formula is C63H108O12. The molecule has 6 atom stereocenters. The van der Waals surface area contributed by atoms with Gasteiger partial charge in [-0.3, -0.25) is 14.4 Å². The van der Waals surface area contributed by atoms with Crippen molar-refractivity contribution in [2.75, 3.05) is 13.2 Å². The Morgan fingerprint density at radius 3 is 1.35 bits per heavy atom. The highest BCUT2D eigenvalue weighted by Gasteiger charge is 2.50. The van der Waals surface area contributed by atoms with Crippen LogP contribution in [0.2, 0.25) is 0 Å². The SMILES string of the molecule is CC/C=C\C/C=C\C/C=C\C/C=C\CCC(=O)OC1C(OCC(COC(=O)CCCCCCCCCCCCCCCCCCCCC)OC(=O)CCCCCCC/C=C\CCCCCC)OC(C(=O)O)C(O)C1O. The molecule has 432 valence electrons. The third kappa shape index (κ3) is 41.2. The number of aliphatic hydroxyl groups is 2. The van der Waals surface area contributed by atoms with E-state index in [0.717, 1.165) is 77.0 Å². The molecule has 0 aromatic rings. The fourth-order valence-electron chi connectivity index (χ4n) is 8.97. The van der Waals surface area contributed by atoms with Crippen molar-refractivity contribution in [1.82, 2.24) is 0 Å². The van der Waals surface area contributed by atoms with Crippen molar-refractivity contribution in [3.05, 3.63) is 60.8 Å². The molecule has 0 saturated carbocycles. The Bertz CT molecular complexity index is 1540. The summed E-state index contributed by atoms with van der Waals surface area (Å²) in [6.07, 6.45) is 50.7. The first-order valence-corrected chi connectivity index (χ1v) is 30.3. The number of ether oxygens (including phenoxy) is 5. The summed E-state index contributed by atoms with van der Waals surface area (Å²) in [7, 11) is 0. The van der Waals surface area contributed by atoms with Gasteiger partial charge in [0.15, 0.2) is 24.6 Å². The fraction of sp³-hybridized carbons (Fsp3) is 0.778. The molecule has 12 nitrogen and oxygen atoms in total. The van der Waals surface area contributed by atoms with Crippen LogP contribution in [0, 0.1) is 0 Å². The molecule has 12 heteroatoms. The molecule has 3 N–H and O–H groups in total. The molecule has 1 heterocycles. The van der Waals surface area contributed by atoms with Crippen molar-refractivity contribution in [3.8, 4) is 0 Å². The molecule has 75 heavy (non-hydrogen) atoms. The lowest BCUT2D eigenvalue weighted by atomic mass is 9.98. The smallest absolute Gasteiger partial charge is 0.335 e. The maximum absolute atomic E-state index is 13.1. The fourth-order valence-corrected chi connectivity index (χ4v) is 8.97. The number of carboxylic acids is 1. The van der Waals surface area contributed by atoms with E-state index in [9.17, 15) is 34.5 Å². The van der Waals surface area contributed by atoms with E-state index in [4.69, 9.17) is 23.7 Å². The van der Waals surface area contributed by atoms with Crippen molar-refractivity contribution in [1.29, 1.82) is 0 Å². The predicted molar refractivity (Wildman–Crippen MR) is 303 cm³/mol. The number of unbranched alkanes of at least 4 members (excludes halogenated alkanes) is 27. The van der Waals surface area contributed by atoms with Gasteiger partial charge in [0, 0.05) is 19.3 Å². The van der Waals surface area contributed by atoms with Crippen LogP contribution in [0.15, 0.2) is 60.8 Å². The number of carboxylic acid groups (broad SMARTS) is 1. The molecule has 1 saturated heterocycles. The zero-order valence-electron chi connectivity index (χ0n) is 47.5. The van der Waals surface area contributed by atoms with Crippen molar-refractivity contribution in [3.63, 3.8) is 0 Å². The van der Waals surface area contributed by atoms with Crippen molar-refractivity contribution >= 4 is 23.9 Å². The highest BCUT2D eigenvalue weighted by molar-refractivity contribution is 5.74. The summed E-state index contributed by atoms with van der Waals surface area (Å²) in [6, 6.07) is 0. The molecule has 0 radical (unpaired) electrons. The second-order valence-electron chi connectivity index (χ2n) is 20.6. The van der Waals surface area contributed by atoms with E-state index < -0.39 is 67.3 Å². The van der Waals surface area contributed by atoms with Crippen molar-refractivity contribution in [2.24, 2.45) is 0 Å². The zero-order chi connectivity index (χ0) is 54.7. The molecule has 0 aromatic carbocycles. The van der Waals surface area contributed by atoms with E-state index in [-0.39, 0.29) is 25.9 Å². The van der Waals surface area contributed by atoms with Gasteiger partial charge in [-0.2, -0.15) is 0 Å². The van der Waals surface area contributed by atoms with E-state index in [1.165, 1.54) is 122 Å². The lowest BCUT2D eigenvalue weighted by Gasteiger charge is -2.40. The summed E-state index contributed by atoms with van der Waals surface area (Å²) in [5.74, 6) is -3.22. The number of hydrogen-bond acceptors (Lipinski definition) is 11. The maximum Gasteiger partial charge on any atom is 0.335 e. The average Bonchev–Trinajstić information content (AvgIpc) is 3.39. The highest BCUT2D eigenvalue weighted by Crippen LogP contribution is 2.26. The Morgan fingerprint density at radius 1 is 0.453 bits per heavy atom. The van der Waals surface area contributed by atoms with Crippen LogP contribution in [0.25, 0.3) is 0 Å². The van der Waals surface area contributed by atoms with Crippen LogP contribution in [0.1, 0.15) is 265 Å². The highest BCUT2D eigenvalue weighted by atomic mass is 16.7. The lowest BCUT2D eigenvalue weighted by Crippen LogP contribution is -2.61. The zero-order valence-corrected chi connectivity index (χ0v) is 47.5. The predicted octanol–water partition coefficient (Wildman–Crippen LogP) is 15.6. The second-order valence-corrected chi connectivity index (χ2v) is 20.6. The van der Waals surface area contributed by atoms with Crippen LogP contribution >= 0.6 is 0 Å². The monoisotopic (exact) mass is 1060 g/mol. The van der Waals surface area contributed by atoms with Gasteiger partial charge in [-0.05, 0) is 70.6 Å². The number of rotatable bonds is 51. The van der Waals surface area contributed by atoms with Gasteiger partial charge in [0.25, 0.3) is 0 Å². The topological polar surface area (TPSA) is 175 Å². The standard InChI is InChI=1S/C63H108O12/c1-4-7-10-13-16-19-22-25-26-27-28-29-30-33-34-37-40-43-46-49-55(64)71-52-54(73-56(65)50-47-44-41-38-35-31-23-20-17-14-11-8-5-2)53-72-63-61(59(68)58(67)60(75-63)62(69)70)74-57(66)51-48-45-42-39-36-32-24-21-18-15-12-9-6-3/h9,12,18,20-21,23,32,36,42,45,54,58-61,63,67-68H,4-8,10-11,13-17,19,22,24-31,33-35,37-41,43-44,46-53H2,1-3H3,(H,69,70)/b12-9-,21-18-,23-20-,36-32-,45-42-. The number of esters is 3. The van der Waals surface area contributed by atoms with Crippen molar-refractivity contribution in [2.45, 2.75) is 302 Å². The lowest BCUT2D eigenvalue weighted by molar-refractivity contribution is -0.301. The molecule has 1 aliphatic heterocycles. The Hall–Kier alpha value is -3.58. The first kappa shape index (κ1) is 69.4. The minimum absolute atomic E-state index is 0.0609. The number of aliphatic hydroxyl groups excluding tert-OH is 2. The molecule has 0 aromatic heterocycles. The van der Waals surface area contributed by atoms with E-state index in [1.54, 1.807) is 0 Å². The Morgan fingerprint density at radius 2 is 0.867 bits per heavy atom. The summed E-state index contributed by atoms with van der Waals surface area (Å²) < 4.78 is 28.3. The second kappa shape index (κ2) is 51.2. The largest absolute Gasteiger partial charge is 0.479 e. The van der Waals surface area contributed by atoms with Gasteiger partial charge < -0.3 is 39.0 Å². The van der Waals surface area contributed by atoms with Crippen LogP contribution in [0.4, 0.5) is 0 Å². The van der Waals surface area contributed by atoms with Crippen molar-refractivity contribution < 1.29 is 58.2 Å². The molecule has 0 aliphatic carbocycles. The van der Waals surface area contributed by atoms with Crippen LogP contribution in [0.5, 0.6) is 0 Å². The van der Waals surface area contributed by atoms with Gasteiger partial charge in [-0.15, -0.1) is 0 Å². The van der Waals surface area contributed by atoms with E-state index in [0.29, 0.717) is 25.7 Å². The number of hydrogen-bond donors (Lipinski definition) is 3. The number of carbonyl (C=O) groups is 4. The molecule has 1 fully saturated rings. The Labute approximate surface area is 456 Å². The van der Waals surface area contributed by atoms with Gasteiger partial charge in [0.2, 0.25) is 0 Å². The molecular weight excluding hydrogens is 949 g/mol. The quantitative estimate of drug-likeness (QED) is 0.0228. The molecule has 1 rings (SSSR count). The summed E-state index contributed by atoms with van der Waals surface area (Å²) in [6.45, 7) is 5.84. The molecule has 0 amide bonds. The van der Waals surface area contributed by atoms with Gasteiger partial charge in [0.05, 0.1) is 6.61 Å². The van der Waals surface area contributed by atoms with Gasteiger partial charge >= 0.3 is 23.9 Å². The van der Waals surface area contributed by atoms with Crippen LogP contribution in [-0.4, -0.2) is 89.2 Å². The summed E-state index contributed by atoms with van der Waals surface area (Å²) >= 11 is 0. The summed E-state index contributed by atoms with van der Waals surface area (Å²) in [4.78, 5) is 51.1. The molecule has 0 spiro atoms. The first-order valence-electron chi connectivity index (χ1n) is 30.3.